The van der Waals surface area contributed by atoms with Crippen LogP contribution in [0.1, 0.15) is 18.2 Å². The van der Waals surface area contributed by atoms with Gasteiger partial charge < -0.3 is 10.6 Å². The molecule has 1 aromatic heterocycles. The van der Waals surface area contributed by atoms with E-state index in [1.165, 1.54) is 18.2 Å². The van der Waals surface area contributed by atoms with E-state index in [1.54, 1.807) is 12.1 Å². The number of aryl methyl sites for hydroxylation is 1. The monoisotopic (exact) mass is 367 g/mol. The zero-order chi connectivity index (χ0) is 18.3. The molecule has 0 unspecified atom stereocenters. The Bertz CT molecular complexity index is 814. The molecule has 0 saturated carbocycles. The summed E-state index contributed by atoms with van der Waals surface area (Å²) >= 11 is 0. The Morgan fingerprint density at radius 3 is 2.64 bits per heavy atom. The Kier molecular flexibility index (Phi) is 6.65. The minimum Gasteiger partial charge on any atom is -0.369 e. The number of anilines is 2. The molecule has 2 aromatic rings. The third-order valence-electron chi connectivity index (χ3n) is 3.19. The Balaban J connectivity index is 1.84. The van der Waals surface area contributed by atoms with Crippen LogP contribution in [0.5, 0.6) is 0 Å². The molecule has 0 saturated heterocycles. The lowest BCUT2D eigenvalue weighted by Crippen LogP contribution is -2.30. The zero-order valence-electron chi connectivity index (χ0n) is 14.2. The van der Waals surface area contributed by atoms with Gasteiger partial charge >= 0.3 is 0 Å². The van der Waals surface area contributed by atoms with Gasteiger partial charge in [-0.3, -0.25) is 0 Å². The number of hydrogen-bond acceptors (Lipinski definition) is 6. The number of nitrogens with one attached hydrogen (secondary N) is 3. The molecule has 0 bridgehead atoms. The summed E-state index contributed by atoms with van der Waals surface area (Å²) in [6.07, 6.45) is 0. The van der Waals surface area contributed by atoms with Crippen LogP contribution in [0.3, 0.4) is 0 Å². The van der Waals surface area contributed by atoms with Crippen molar-refractivity contribution in [3.63, 3.8) is 0 Å². The van der Waals surface area contributed by atoms with Crippen molar-refractivity contribution in [1.29, 1.82) is 0 Å². The first kappa shape index (κ1) is 19.1. The van der Waals surface area contributed by atoms with E-state index in [2.05, 4.69) is 25.3 Å². The molecule has 0 atom stereocenters. The van der Waals surface area contributed by atoms with Gasteiger partial charge in [-0.1, -0.05) is 12.1 Å². The van der Waals surface area contributed by atoms with Crippen LogP contribution in [0.25, 0.3) is 0 Å². The summed E-state index contributed by atoms with van der Waals surface area (Å²) in [5.74, 6) is 0.427. The van der Waals surface area contributed by atoms with Crippen molar-refractivity contribution < 1.29 is 12.8 Å². The summed E-state index contributed by atoms with van der Waals surface area (Å²) in [5, 5.41) is 6.08. The lowest BCUT2D eigenvalue weighted by atomic mass is 10.2. The molecule has 0 amide bonds. The van der Waals surface area contributed by atoms with Crippen LogP contribution in [0, 0.1) is 12.7 Å². The number of sulfonamides is 1. The van der Waals surface area contributed by atoms with Crippen molar-refractivity contribution in [1.82, 2.24) is 14.7 Å². The molecule has 25 heavy (non-hydrogen) atoms. The van der Waals surface area contributed by atoms with Gasteiger partial charge in [-0.05, 0) is 31.5 Å². The molecule has 0 aliphatic carbocycles. The van der Waals surface area contributed by atoms with Gasteiger partial charge in [0.15, 0.2) is 0 Å². The first-order chi connectivity index (χ1) is 11.9. The highest BCUT2D eigenvalue weighted by molar-refractivity contribution is 7.88. The predicted molar refractivity (Wildman–Crippen MR) is 96.4 cm³/mol. The molecular formula is C16H22FN5O2S. The Morgan fingerprint density at radius 1 is 1.12 bits per heavy atom. The van der Waals surface area contributed by atoms with E-state index in [4.69, 9.17) is 0 Å². The average Bonchev–Trinajstić information content (AvgIpc) is 2.51. The van der Waals surface area contributed by atoms with Crippen molar-refractivity contribution in [2.24, 2.45) is 0 Å². The van der Waals surface area contributed by atoms with E-state index in [0.29, 0.717) is 30.4 Å². The quantitative estimate of drug-likeness (QED) is 0.586. The van der Waals surface area contributed by atoms with E-state index < -0.39 is 15.8 Å². The lowest BCUT2D eigenvalue weighted by molar-refractivity contribution is 0.581. The minimum absolute atomic E-state index is 0.192. The molecule has 0 spiro atoms. The van der Waals surface area contributed by atoms with E-state index in [-0.39, 0.29) is 12.3 Å². The molecule has 0 aliphatic heterocycles. The first-order valence-corrected chi connectivity index (χ1v) is 9.58. The van der Waals surface area contributed by atoms with Crippen molar-refractivity contribution >= 4 is 21.8 Å². The number of hydrogen-bond donors (Lipinski definition) is 3. The normalized spacial score (nSPS) is 11.3. The van der Waals surface area contributed by atoms with Crippen LogP contribution >= 0.6 is 0 Å². The van der Waals surface area contributed by atoms with Crippen LogP contribution in [0.4, 0.5) is 16.2 Å². The molecule has 1 aromatic carbocycles. The van der Waals surface area contributed by atoms with Gasteiger partial charge in [0.25, 0.3) is 0 Å². The molecule has 3 N–H and O–H groups in total. The van der Waals surface area contributed by atoms with Crippen molar-refractivity contribution in [2.75, 3.05) is 30.3 Å². The van der Waals surface area contributed by atoms with Gasteiger partial charge in [-0.25, -0.2) is 22.5 Å². The molecule has 0 radical (unpaired) electrons. The summed E-state index contributed by atoms with van der Waals surface area (Å²) in [7, 11) is -3.53. The second kappa shape index (κ2) is 8.72. The highest BCUT2D eigenvalue weighted by Crippen LogP contribution is 2.09. The maximum atomic E-state index is 13.1. The number of halogens is 1. The summed E-state index contributed by atoms with van der Waals surface area (Å²) < 4.78 is 39.6. The molecule has 0 fully saturated rings. The van der Waals surface area contributed by atoms with E-state index in [0.717, 1.165) is 5.69 Å². The maximum Gasteiger partial charge on any atom is 0.224 e. The number of rotatable bonds is 9. The first-order valence-electron chi connectivity index (χ1n) is 7.93. The fraction of sp³-hybridized carbons (Fsp3) is 0.375. The van der Waals surface area contributed by atoms with Crippen molar-refractivity contribution in [3.05, 3.63) is 47.4 Å². The third-order valence-corrected chi connectivity index (χ3v) is 4.55. The standard InChI is InChI=1S/C16H22FN5O2S/c1-3-18-16-21-12(2)9-15(22-16)19-7-8-20-25(23,24)11-13-5-4-6-14(17)10-13/h4-6,9-10,20H,3,7-8,11H2,1-2H3,(H2,18,19,21,22). The Hall–Kier alpha value is -2.26. The largest absolute Gasteiger partial charge is 0.369 e. The van der Waals surface area contributed by atoms with E-state index in [9.17, 15) is 12.8 Å². The van der Waals surface area contributed by atoms with Crippen LogP contribution in [0.2, 0.25) is 0 Å². The Labute approximate surface area is 147 Å². The minimum atomic E-state index is -3.53. The maximum absolute atomic E-state index is 13.1. The third kappa shape index (κ3) is 6.63. The summed E-state index contributed by atoms with van der Waals surface area (Å²) in [6, 6.07) is 7.33. The molecule has 9 heteroatoms. The average molecular weight is 367 g/mol. The second-order valence-corrected chi connectivity index (χ2v) is 7.27. The summed E-state index contributed by atoms with van der Waals surface area (Å²) in [6.45, 7) is 5.08. The topological polar surface area (TPSA) is 96.0 Å². The number of benzene rings is 1. The van der Waals surface area contributed by atoms with Gasteiger partial charge in [0.05, 0.1) is 5.75 Å². The van der Waals surface area contributed by atoms with Crippen LogP contribution in [-0.4, -0.2) is 38.0 Å². The van der Waals surface area contributed by atoms with Gasteiger partial charge in [0.1, 0.15) is 11.6 Å². The fourth-order valence-electron chi connectivity index (χ4n) is 2.19. The van der Waals surface area contributed by atoms with Crippen LogP contribution in [0.15, 0.2) is 30.3 Å². The highest BCUT2D eigenvalue weighted by Gasteiger charge is 2.11. The smallest absolute Gasteiger partial charge is 0.224 e. The van der Waals surface area contributed by atoms with Crippen molar-refractivity contribution in [3.8, 4) is 0 Å². The second-order valence-electron chi connectivity index (χ2n) is 5.46. The van der Waals surface area contributed by atoms with Gasteiger partial charge in [-0.15, -0.1) is 0 Å². The molecular weight excluding hydrogens is 345 g/mol. The SMILES string of the molecule is CCNc1nc(C)cc(NCCNS(=O)(=O)Cc2cccc(F)c2)n1. The van der Waals surface area contributed by atoms with Crippen molar-refractivity contribution in [2.45, 2.75) is 19.6 Å². The van der Waals surface area contributed by atoms with E-state index in [1.807, 2.05) is 13.8 Å². The van der Waals surface area contributed by atoms with Gasteiger partial charge in [0.2, 0.25) is 16.0 Å². The molecule has 2 rings (SSSR count). The molecule has 136 valence electrons. The summed E-state index contributed by atoms with van der Waals surface area (Å²) in [5.41, 5.74) is 1.21. The predicted octanol–water partition coefficient (Wildman–Crippen LogP) is 1.89. The van der Waals surface area contributed by atoms with E-state index >= 15 is 0 Å². The van der Waals surface area contributed by atoms with Crippen LogP contribution in [-0.2, 0) is 15.8 Å². The van der Waals surface area contributed by atoms with Crippen LogP contribution < -0.4 is 15.4 Å². The van der Waals surface area contributed by atoms with Gasteiger partial charge in [0, 0.05) is 31.4 Å². The fourth-order valence-corrected chi connectivity index (χ4v) is 3.32. The number of aromatic nitrogens is 2. The summed E-state index contributed by atoms with van der Waals surface area (Å²) in [4.78, 5) is 8.52. The highest BCUT2D eigenvalue weighted by atomic mass is 32.2. The van der Waals surface area contributed by atoms with Gasteiger partial charge in [-0.2, -0.15) is 4.98 Å². The Morgan fingerprint density at radius 2 is 1.92 bits per heavy atom. The molecule has 7 nitrogen and oxygen atoms in total. The molecule has 0 aliphatic rings. The number of nitrogens with zero attached hydrogens (tertiary/aromatic N) is 2. The lowest BCUT2D eigenvalue weighted by Gasteiger charge is -2.10. The molecule has 1 heterocycles. The zero-order valence-corrected chi connectivity index (χ0v) is 15.0.